The van der Waals surface area contributed by atoms with Crippen LogP contribution in [0, 0.1) is 0 Å². The lowest BCUT2D eigenvalue weighted by atomic mass is 9.84. The Morgan fingerprint density at radius 1 is 0.477 bits per heavy atom. The van der Waals surface area contributed by atoms with Gasteiger partial charge in [0.25, 0.3) is 5.91 Å². The first-order valence-corrected chi connectivity index (χ1v) is 15.6. The van der Waals surface area contributed by atoms with E-state index in [9.17, 15) is 34.5 Å². The molecule has 44 heavy (non-hydrogen) atoms. The van der Waals surface area contributed by atoms with Crippen LogP contribution >= 0.6 is 0 Å². The number of rotatable bonds is 9. The Morgan fingerprint density at radius 3 is 1.09 bits per heavy atom. The van der Waals surface area contributed by atoms with Crippen LogP contribution in [0.4, 0.5) is 0 Å². The van der Waals surface area contributed by atoms with E-state index < -0.39 is 65.9 Å². The Morgan fingerprint density at radius 2 is 0.773 bits per heavy atom. The molecule has 1 fully saturated rings. The average Bonchev–Trinajstić information content (AvgIpc) is 2.98. The van der Waals surface area contributed by atoms with Gasteiger partial charge in [-0.1, -0.05) is 89.9 Å². The summed E-state index contributed by atoms with van der Waals surface area (Å²) in [6.45, 7) is 0.194. The highest BCUT2D eigenvalue weighted by molar-refractivity contribution is 5.85. The van der Waals surface area contributed by atoms with E-state index >= 15 is 0 Å². The maximum absolute atomic E-state index is 12.4. The van der Waals surface area contributed by atoms with Gasteiger partial charge in [-0.3, -0.25) is 19.2 Å². The van der Waals surface area contributed by atoms with E-state index in [1.54, 1.807) is 0 Å². The molecular weight excluding hydrogens is 580 g/mol. The Balaban J connectivity index is 0.00000129. The topological polar surface area (TPSA) is 303 Å². The predicted octanol–water partition coefficient (Wildman–Crippen LogP) is -1.52. The SMILES string of the molecule is NC(=O)[C@@H](O)[C@@H](O)[C@H](O)[C@@]1(C(N)=O)CCCCCCCCCCCCCCCCCCO1.NC(=O)[C@@H](O)[C@H](O)[C@@H](O)C(N)=O. The molecule has 0 radical (unpaired) electrons. The molecule has 0 saturated carbocycles. The molecule has 7 atom stereocenters. The van der Waals surface area contributed by atoms with E-state index in [4.69, 9.17) is 31.5 Å². The number of nitrogens with two attached hydrogens (primary N) is 4. The molecule has 1 aliphatic rings. The van der Waals surface area contributed by atoms with Gasteiger partial charge in [-0.2, -0.15) is 0 Å². The Hall–Kier alpha value is -2.40. The second kappa shape index (κ2) is 23.0. The van der Waals surface area contributed by atoms with E-state index in [1.165, 1.54) is 51.4 Å². The van der Waals surface area contributed by atoms with Crippen LogP contribution in [0.2, 0.25) is 0 Å². The zero-order valence-electron chi connectivity index (χ0n) is 25.7. The van der Waals surface area contributed by atoms with Crippen LogP contribution in [0.5, 0.6) is 0 Å². The van der Waals surface area contributed by atoms with Gasteiger partial charge in [0.05, 0.1) is 0 Å². The maximum Gasteiger partial charge on any atom is 0.252 e. The normalized spacial score (nSPS) is 24.5. The monoisotopic (exact) mass is 636 g/mol. The first-order chi connectivity index (χ1) is 20.7. The summed E-state index contributed by atoms with van der Waals surface area (Å²) < 4.78 is 5.84. The first kappa shape index (κ1) is 41.6. The molecule has 0 bridgehead atoms. The fourth-order valence-electron chi connectivity index (χ4n) is 4.99. The molecule has 0 aromatic carbocycles. The highest BCUT2D eigenvalue weighted by Crippen LogP contribution is 2.29. The molecule has 1 rings (SSSR count). The van der Waals surface area contributed by atoms with Crippen LogP contribution in [-0.2, 0) is 23.9 Å². The molecule has 4 amide bonds. The molecule has 0 aliphatic carbocycles. The van der Waals surface area contributed by atoms with Crippen molar-refractivity contribution in [3.8, 4) is 0 Å². The number of aliphatic hydroxyl groups is 6. The van der Waals surface area contributed by atoms with Crippen molar-refractivity contribution in [3.05, 3.63) is 0 Å². The Bertz CT molecular complexity index is 808. The number of ether oxygens (including phenoxy) is 1. The van der Waals surface area contributed by atoms with E-state index in [0.29, 0.717) is 12.8 Å². The lowest BCUT2D eigenvalue weighted by Gasteiger charge is -2.38. The summed E-state index contributed by atoms with van der Waals surface area (Å²) in [6, 6.07) is 0. The quantitative estimate of drug-likeness (QED) is 0.139. The molecule has 0 unspecified atom stereocenters. The summed E-state index contributed by atoms with van der Waals surface area (Å²) in [6.07, 6.45) is 5.77. The molecule has 15 nitrogen and oxygen atoms in total. The molecule has 258 valence electrons. The van der Waals surface area contributed by atoms with E-state index in [1.807, 2.05) is 0 Å². The fraction of sp³-hybridized carbons (Fsp3) is 0.862. The zero-order valence-corrected chi connectivity index (χ0v) is 25.7. The van der Waals surface area contributed by atoms with Gasteiger partial charge in [0.2, 0.25) is 17.7 Å². The lowest BCUT2D eigenvalue weighted by Crippen LogP contribution is -2.62. The number of amides is 4. The molecule has 0 aromatic rings. The van der Waals surface area contributed by atoms with Gasteiger partial charge in [0.1, 0.15) is 18.3 Å². The van der Waals surface area contributed by atoms with Gasteiger partial charge in [-0.25, -0.2) is 0 Å². The fourth-order valence-corrected chi connectivity index (χ4v) is 4.99. The minimum Gasteiger partial charge on any atom is -0.387 e. The van der Waals surface area contributed by atoms with Crippen molar-refractivity contribution in [2.75, 3.05) is 6.61 Å². The number of primary amides is 4. The molecule has 0 aromatic heterocycles. The standard InChI is InChI=1S/C24H46N2O6.C5H10N2O5/c25-22(30)20(28)19(27)21(29)24(23(26)31)17-15-13-11-9-7-5-3-1-2-4-6-8-10-12-14-16-18-32-24;6-4(11)2(9)1(8)3(10)5(7)12/h19-21,27-29H,1-18H2,(H2,25,30)(H2,26,31);1-3,8-10H,(H2,6,11)(H2,7,12)/t19-,20+,21+,24-;1-,2-,3+/m1./s1. The minimum absolute atomic E-state index is 0.103. The second-order valence-electron chi connectivity index (χ2n) is 11.5. The van der Waals surface area contributed by atoms with Crippen LogP contribution in [-0.4, -0.2) is 103 Å². The third-order valence-corrected chi connectivity index (χ3v) is 7.87. The molecule has 14 N–H and O–H groups in total. The van der Waals surface area contributed by atoms with Crippen molar-refractivity contribution < 1.29 is 54.6 Å². The van der Waals surface area contributed by atoms with Gasteiger partial charge >= 0.3 is 0 Å². The molecular formula is C29H56N4O11. The number of carbonyl (C=O) groups is 4. The smallest absolute Gasteiger partial charge is 0.252 e. The summed E-state index contributed by atoms with van der Waals surface area (Å²) in [4.78, 5) is 44.2. The lowest BCUT2D eigenvalue weighted by molar-refractivity contribution is -0.190. The van der Waals surface area contributed by atoms with E-state index in [2.05, 4.69) is 11.5 Å². The van der Waals surface area contributed by atoms with Crippen molar-refractivity contribution in [2.24, 2.45) is 22.9 Å². The number of hydrogen-bond donors (Lipinski definition) is 10. The second-order valence-corrected chi connectivity index (χ2v) is 11.5. The third-order valence-electron chi connectivity index (χ3n) is 7.87. The third kappa shape index (κ3) is 15.5. The number of carbonyl (C=O) groups excluding carboxylic acids is 4. The summed E-state index contributed by atoms with van der Waals surface area (Å²) >= 11 is 0. The highest BCUT2D eigenvalue weighted by atomic mass is 16.5. The van der Waals surface area contributed by atoms with Crippen LogP contribution in [0.15, 0.2) is 0 Å². The summed E-state index contributed by atoms with van der Waals surface area (Å²) in [5, 5.41) is 57.1. The van der Waals surface area contributed by atoms with Crippen molar-refractivity contribution in [2.45, 2.75) is 151 Å². The van der Waals surface area contributed by atoms with Crippen molar-refractivity contribution in [3.63, 3.8) is 0 Å². The van der Waals surface area contributed by atoms with Crippen LogP contribution in [0.1, 0.15) is 109 Å². The van der Waals surface area contributed by atoms with Crippen LogP contribution in [0.25, 0.3) is 0 Å². The van der Waals surface area contributed by atoms with Gasteiger partial charge < -0.3 is 58.3 Å². The largest absolute Gasteiger partial charge is 0.387 e. The van der Waals surface area contributed by atoms with Crippen LogP contribution in [0.3, 0.4) is 0 Å². The average molecular weight is 637 g/mol. The van der Waals surface area contributed by atoms with Gasteiger partial charge in [0, 0.05) is 6.61 Å². The van der Waals surface area contributed by atoms with Gasteiger partial charge in [-0.15, -0.1) is 0 Å². The molecule has 1 aliphatic heterocycles. The first-order valence-electron chi connectivity index (χ1n) is 15.6. The van der Waals surface area contributed by atoms with Crippen LogP contribution < -0.4 is 22.9 Å². The number of aliphatic hydroxyl groups excluding tert-OH is 6. The van der Waals surface area contributed by atoms with Gasteiger partial charge in [-0.05, 0) is 19.3 Å². The van der Waals surface area contributed by atoms with Crippen molar-refractivity contribution in [1.29, 1.82) is 0 Å². The Kier molecular flexibility index (Phi) is 21.8. The molecule has 1 heterocycles. The maximum atomic E-state index is 12.4. The Labute approximate surface area is 259 Å². The summed E-state index contributed by atoms with van der Waals surface area (Å²) in [7, 11) is 0. The number of hydrogen-bond acceptors (Lipinski definition) is 11. The van der Waals surface area contributed by atoms with E-state index in [-0.39, 0.29) is 13.0 Å². The predicted molar refractivity (Wildman–Crippen MR) is 160 cm³/mol. The van der Waals surface area contributed by atoms with E-state index in [0.717, 1.165) is 38.5 Å². The van der Waals surface area contributed by atoms with Gasteiger partial charge in [0.15, 0.2) is 23.9 Å². The molecule has 15 heteroatoms. The van der Waals surface area contributed by atoms with Crippen molar-refractivity contribution >= 4 is 23.6 Å². The summed E-state index contributed by atoms with van der Waals surface area (Å²) in [5.41, 5.74) is 17.9. The summed E-state index contributed by atoms with van der Waals surface area (Å²) in [5.74, 6) is -4.60. The highest BCUT2D eigenvalue weighted by Gasteiger charge is 2.50. The minimum atomic E-state index is -2.02. The molecule has 1 saturated heterocycles. The molecule has 0 spiro atoms. The zero-order chi connectivity index (χ0) is 33.7. The van der Waals surface area contributed by atoms with Crippen molar-refractivity contribution in [1.82, 2.24) is 0 Å².